The molecule has 3 heteroatoms. The number of benzene rings is 1. The van der Waals surface area contributed by atoms with Gasteiger partial charge in [0.2, 0.25) is 0 Å². The third-order valence-electron chi connectivity index (χ3n) is 3.28. The van der Waals surface area contributed by atoms with Gasteiger partial charge >= 0.3 is 0 Å². The lowest BCUT2D eigenvalue weighted by atomic mass is 9.95. The molecular formula is C15H19FO2. The molecule has 18 heavy (non-hydrogen) atoms. The zero-order chi connectivity index (χ0) is 13.2. The van der Waals surface area contributed by atoms with Crippen molar-refractivity contribution in [3.05, 3.63) is 35.8 Å². The second-order valence-corrected chi connectivity index (χ2v) is 5.02. The molecule has 0 aliphatic heterocycles. The first-order valence-electron chi connectivity index (χ1n) is 6.45. The molecule has 1 aromatic heterocycles. The van der Waals surface area contributed by atoms with Crippen molar-refractivity contribution in [2.45, 2.75) is 45.1 Å². The Morgan fingerprint density at radius 2 is 2.06 bits per heavy atom. The standard InChI is InChI=1S/C15H19FO2/c1-3-4-5-8-15(2,17)14-10-11-9-12(16)6-7-13(11)18-14/h6-7,9-10,17H,3-5,8H2,1-2H3. The van der Waals surface area contributed by atoms with E-state index in [1.807, 2.05) is 0 Å². The number of halogens is 1. The van der Waals surface area contributed by atoms with Gasteiger partial charge in [-0.15, -0.1) is 0 Å². The number of rotatable bonds is 5. The van der Waals surface area contributed by atoms with Gasteiger partial charge in [-0.25, -0.2) is 4.39 Å². The second kappa shape index (κ2) is 5.11. The first-order chi connectivity index (χ1) is 8.53. The Balaban J connectivity index is 2.24. The molecule has 0 aliphatic rings. The smallest absolute Gasteiger partial charge is 0.136 e. The molecule has 1 atom stereocenters. The SMILES string of the molecule is CCCCCC(C)(O)c1cc2cc(F)ccc2o1. The van der Waals surface area contributed by atoms with Gasteiger partial charge in [0.1, 0.15) is 22.8 Å². The Hall–Kier alpha value is -1.35. The predicted octanol–water partition coefficient (Wildman–Crippen LogP) is 4.36. The van der Waals surface area contributed by atoms with Crippen LogP contribution in [0.1, 0.15) is 45.3 Å². The average molecular weight is 250 g/mol. The lowest BCUT2D eigenvalue weighted by Gasteiger charge is -2.20. The summed E-state index contributed by atoms with van der Waals surface area (Å²) in [5.41, 5.74) is -0.368. The van der Waals surface area contributed by atoms with Gasteiger partial charge in [0.05, 0.1) is 0 Å². The Labute approximate surface area is 106 Å². The molecular weight excluding hydrogens is 231 g/mol. The van der Waals surface area contributed by atoms with E-state index in [1.54, 1.807) is 19.1 Å². The van der Waals surface area contributed by atoms with Crippen LogP contribution in [-0.2, 0) is 5.60 Å². The summed E-state index contributed by atoms with van der Waals surface area (Å²) < 4.78 is 18.7. The number of aliphatic hydroxyl groups is 1. The fourth-order valence-corrected chi connectivity index (χ4v) is 2.12. The summed E-state index contributed by atoms with van der Waals surface area (Å²) >= 11 is 0. The van der Waals surface area contributed by atoms with Gasteiger partial charge in [-0.1, -0.05) is 26.2 Å². The van der Waals surface area contributed by atoms with Crippen molar-refractivity contribution in [3.63, 3.8) is 0 Å². The van der Waals surface area contributed by atoms with E-state index in [0.717, 1.165) is 19.3 Å². The normalized spacial score (nSPS) is 14.9. The summed E-state index contributed by atoms with van der Waals surface area (Å²) in [5.74, 6) is 0.222. The largest absolute Gasteiger partial charge is 0.458 e. The highest BCUT2D eigenvalue weighted by molar-refractivity contribution is 5.78. The molecule has 0 fully saturated rings. The third kappa shape index (κ3) is 2.72. The molecule has 1 unspecified atom stereocenters. The van der Waals surface area contributed by atoms with Crippen molar-refractivity contribution in [3.8, 4) is 0 Å². The van der Waals surface area contributed by atoms with Gasteiger partial charge in [-0.2, -0.15) is 0 Å². The van der Waals surface area contributed by atoms with Gasteiger partial charge in [0.15, 0.2) is 0 Å². The van der Waals surface area contributed by atoms with Crippen LogP contribution in [0.4, 0.5) is 4.39 Å². The van der Waals surface area contributed by atoms with Crippen LogP contribution in [0.15, 0.2) is 28.7 Å². The van der Waals surface area contributed by atoms with Crippen molar-refractivity contribution in [2.75, 3.05) is 0 Å². The Kier molecular flexibility index (Phi) is 3.71. The van der Waals surface area contributed by atoms with E-state index in [-0.39, 0.29) is 5.82 Å². The highest BCUT2D eigenvalue weighted by Gasteiger charge is 2.26. The van der Waals surface area contributed by atoms with Gasteiger partial charge in [0, 0.05) is 5.39 Å². The minimum Gasteiger partial charge on any atom is -0.458 e. The third-order valence-corrected chi connectivity index (χ3v) is 3.28. The Morgan fingerprint density at radius 3 is 2.78 bits per heavy atom. The van der Waals surface area contributed by atoms with Crippen molar-refractivity contribution < 1.29 is 13.9 Å². The number of unbranched alkanes of at least 4 members (excludes halogenated alkanes) is 2. The van der Waals surface area contributed by atoms with E-state index in [1.165, 1.54) is 12.1 Å². The van der Waals surface area contributed by atoms with E-state index < -0.39 is 5.60 Å². The first-order valence-corrected chi connectivity index (χ1v) is 6.45. The van der Waals surface area contributed by atoms with Crippen LogP contribution in [0, 0.1) is 5.82 Å². The summed E-state index contributed by atoms with van der Waals surface area (Å²) in [4.78, 5) is 0. The summed E-state index contributed by atoms with van der Waals surface area (Å²) in [6.07, 6.45) is 3.81. The lowest BCUT2D eigenvalue weighted by molar-refractivity contribution is 0.0243. The average Bonchev–Trinajstić information content (AvgIpc) is 2.72. The van der Waals surface area contributed by atoms with Crippen molar-refractivity contribution >= 4 is 11.0 Å². The van der Waals surface area contributed by atoms with Crippen LogP contribution in [0.3, 0.4) is 0 Å². The maximum absolute atomic E-state index is 13.1. The van der Waals surface area contributed by atoms with Crippen LogP contribution >= 0.6 is 0 Å². The number of hydrogen-bond donors (Lipinski definition) is 1. The molecule has 0 radical (unpaired) electrons. The lowest BCUT2D eigenvalue weighted by Crippen LogP contribution is -2.19. The molecule has 0 amide bonds. The molecule has 0 saturated carbocycles. The van der Waals surface area contributed by atoms with Gasteiger partial charge in [-0.05, 0) is 37.6 Å². The van der Waals surface area contributed by atoms with Crippen molar-refractivity contribution in [1.29, 1.82) is 0 Å². The molecule has 1 aromatic carbocycles. The van der Waals surface area contributed by atoms with Crippen LogP contribution in [0.2, 0.25) is 0 Å². The summed E-state index contributed by atoms with van der Waals surface area (Å²) in [6, 6.07) is 6.10. The molecule has 0 bridgehead atoms. The van der Waals surface area contributed by atoms with Crippen LogP contribution in [-0.4, -0.2) is 5.11 Å². The first kappa shape index (κ1) is 13.1. The highest BCUT2D eigenvalue weighted by Crippen LogP contribution is 2.32. The molecule has 0 saturated heterocycles. The maximum atomic E-state index is 13.1. The van der Waals surface area contributed by atoms with E-state index in [2.05, 4.69) is 6.92 Å². The summed E-state index contributed by atoms with van der Waals surface area (Å²) in [5, 5.41) is 11.1. The molecule has 2 aromatic rings. The molecule has 98 valence electrons. The number of fused-ring (bicyclic) bond motifs is 1. The van der Waals surface area contributed by atoms with Crippen LogP contribution < -0.4 is 0 Å². The fraction of sp³-hybridized carbons (Fsp3) is 0.467. The minimum atomic E-state index is -0.981. The molecule has 0 spiro atoms. The molecule has 0 aliphatic carbocycles. The summed E-state index contributed by atoms with van der Waals surface area (Å²) in [7, 11) is 0. The molecule has 2 nitrogen and oxygen atoms in total. The maximum Gasteiger partial charge on any atom is 0.136 e. The highest BCUT2D eigenvalue weighted by atomic mass is 19.1. The quantitative estimate of drug-likeness (QED) is 0.800. The van der Waals surface area contributed by atoms with E-state index in [4.69, 9.17) is 4.42 Å². The fourth-order valence-electron chi connectivity index (χ4n) is 2.12. The summed E-state index contributed by atoms with van der Waals surface area (Å²) in [6.45, 7) is 3.87. The number of furan rings is 1. The Bertz CT molecular complexity index is 528. The van der Waals surface area contributed by atoms with Crippen molar-refractivity contribution in [1.82, 2.24) is 0 Å². The van der Waals surface area contributed by atoms with Crippen LogP contribution in [0.5, 0.6) is 0 Å². The van der Waals surface area contributed by atoms with Crippen molar-refractivity contribution in [2.24, 2.45) is 0 Å². The van der Waals surface area contributed by atoms with E-state index in [0.29, 0.717) is 23.2 Å². The van der Waals surface area contributed by atoms with Gasteiger partial charge < -0.3 is 9.52 Å². The Morgan fingerprint density at radius 1 is 1.28 bits per heavy atom. The zero-order valence-electron chi connectivity index (χ0n) is 10.9. The molecule has 2 rings (SSSR count). The molecule has 1 heterocycles. The van der Waals surface area contributed by atoms with E-state index in [9.17, 15) is 9.50 Å². The van der Waals surface area contributed by atoms with E-state index >= 15 is 0 Å². The van der Waals surface area contributed by atoms with Crippen LogP contribution in [0.25, 0.3) is 11.0 Å². The number of hydrogen-bond acceptors (Lipinski definition) is 2. The second-order valence-electron chi connectivity index (χ2n) is 5.02. The van der Waals surface area contributed by atoms with Gasteiger partial charge in [-0.3, -0.25) is 0 Å². The predicted molar refractivity (Wildman–Crippen MR) is 69.9 cm³/mol. The zero-order valence-corrected chi connectivity index (χ0v) is 10.9. The molecule has 1 N–H and O–H groups in total. The van der Waals surface area contributed by atoms with Gasteiger partial charge in [0.25, 0.3) is 0 Å². The monoisotopic (exact) mass is 250 g/mol. The topological polar surface area (TPSA) is 33.4 Å². The minimum absolute atomic E-state index is 0.291.